The Balaban J connectivity index is 0.000000325. The third-order valence-corrected chi connectivity index (χ3v) is 7.11. The molecule has 3 atom stereocenters. The van der Waals surface area contributed by atoms with Crippen molar-refractivity contribution in [2.45, 2.75) is 56.5 Å². The highest BCUT2D eigenvalue weighted by Gasteiger charge is 2.38. The summed E-state index contributed by atoms with van der Waals surface area (Å²) in [6, 6.07) is 13.9. The van der Waals surface area contributed by atoms with Crippen molar-refractivity contribution in [3.8, 4) is 17.1 Å². The lowest BCUT2D eigenvalue weighted by Gasteiger charge is -2.46. The summed E-state index contributed by atoms with van der Waals surface area (Å²) >= 11 is 1.76. The summed E-state index contributed by atoms with van der Waals surface area (Å²) in [5.74, 6) is -2.11. The standard InChI is InChI=1S/C21H23N3OS.C2HF3O2/c1-24-16-3-2-4-17(24)13-18(12-16)25-21-8-6-19(22-23-21)14-5-7-20-15(11-14)9-10-26-20;3-2(4,5)1(6)7/h5-11,16-18H,2-4,12-13H2,1H3;(H,6,7)/t16-,17+,18?;. The maximum Gasteiger partial charge on any atom is 0.490 e. The number of piperidine rings is 2. The van der Waals surface area contributed by atoms with Crippen molar-refractivity contribution < 1.29 is 27.8 Å². The van der Waals surface area contributed by atoms with Crippen molar-refractivity contribution in [3.05, 3.63) is 41.8 Å². The molecule has 0 saturated carbocycles. The Kier molecular flexibility index (Phi) is 6.85. The Morgan fingerprint density at radius 1 is 1.12 bits per heavy atom. The average molecular weight is 480 g/mol. The zero-order valence-electron chi connectivity index (χ0n) is 18.0. The van der Waals surface area contributed by atoms with Gasteiger partial charge < -0.3 is 14.7 Å². The predicted octanol–water partition coefficient (Wildman–Crippen LogP) is 5.39. The van der Waals surface area contributed by atoms with Crippen LogP contribution in [0.15, 0.2) is 41.8 Å². The van der Waals surface area contributed by atoms with Crippen LogP contribution >= 0.6 is 11.3 Å². The summed E-state index contributed by atoms with van der Waals surface area (Å²) in [5.41, 5.74) is 1.99. The minimum absolute atomic E-state index is 0.267. The molecule has 2 aromatic heterocycles. The van der Waals surface area contributed by atoms with Gasteiger partial charge in [-0.1, -0.05) is 12.5 Å². The summed E-state index contributed by atoms with van der Waals surface area (Å²) in [7, 11) is 2.27. The summed E-state index contributed by atoms with van der Waals surface area (Å²) in [4.78, 5) is 11.5. The fraction of sp³-hybridized carbons (Fsp3) is 0.435. The van der Waals surface area contributed by atoms with E-state index in [0.717, 1.165) is 24.1 Å². The zero-order chi connectivity index (χ0) is 23.6. The molecule has 6 nitrogen and oxygen atoms in total. The van der Waals surface area contributed by atoms with Crippen molar-refractivity contribution >= 4 is 27.4 Å². The molecule has 4 heterocycles. The second-order valence-corrected chi connectivity index (χ2v) is 9.30. The number of aromatic nitrogens is 2. The second-order valence-electron chi connectivity index (χ2n) is 8.35. The Labute approximate surface area is 193 Å². The van der Waals surface area contributed by atoms with Crippen molar-refractivity contribution in [1.29, 1.82) is 0 Å². The number of nitrogens with zero attached hydrogens (tertiary/aromatic N) is 3. The molecule has 1 unspecified atom stereocenters. The highest BCUT2D eigenvalue weighted by Crippen LogP contribution is 2.34. The Hall–Kier alpha value is -2.72. The first-order valence-corrected chi connectivity index (χ1v) is 11.6. The highest BCUT2D eigenvalue weighted by atomic mass is 32.1. The quantitative estimate of drug-likeness (QED) is 0.543. The summed E-state index contributed by atoms with van der Waals surface area (Å²) in [5, 5.41) is 19.3. The molecule has 10 heteroatoms. The molecule has 0 spiro atoms. The first kappa shape index (κ1) is 23.4. The van der Waals surface area contributed by atoms with E-state index in [-0.39, 0.29) is 6.10 Å². The van der Waals surface area contributed by atoms with E-state index in [0.29, 0.717) is 18.0 Å². The molecule has 0 aliphatic carbocycles. The van der Waals surface area contributed by atoms with Crippen LogP contribution in [-0.4, -0.2) is 57.6 Å². The number of carbonyl (C=O) groups is 1. The van der Waals surface area contributed by atoms with Crippen molar-refractivity contribution in [1.82, 2.24) is 15.1 Å². The van der Waals surface area contributed by atoms with Gasteiger partial charge in [0, 0.05) is 28.4 Å². The van der Waals surface area contributed by atoms with E-state index in [1.165, 1.54) is 29.3 Å². The minimum Gasteiger partial charge on any atom is -0.475 e. The van der Waals surface area contributed by atoms with Crippen LogP contribution in [0.4, 0.5) is 13.2 Å². The number of carboxylic acids is 1. The number of carboxylic acid groups (broad SMARTS) is 1. The molecule has 1 N–H and O–H groups in total. The van der Waals surface area contributed by atoms with Gasteiger partial charge in [-0.05, 0) is 67.8 Å². The van der Waals surface area contributed by atoms with E-state index in [1.807, 2.05) is 12.1 Å². The summed E-state index contributed by atoms with van der Waals surface area (Å²) < 4.78 is 39.2. The zero-order valence-corrected chi connectivity index (χ0v) is 18.8. The minimum atomic E-state index is -5.08. The molecule has 0 amide bonds. The van der Waals surface area contributed by atoms with Crippen LogP contribution in [0.2, 0.25) is 0 Å². The summed E-state index contributed by atoms with van der Waals surface area (Å²) in [6.07, 6.45) is 1.33. The molecule has 2 saturated heterocycles. The lowest BCUT2D eigenvalue weighted by atomic mass is 9.83. The fourth-order valence-electron chi connectivity index (χ4n) is 4.50. The number of benzene rings is 1. The van der Waals surface area contributed by atoms with Crippen LogP contribution in [0.25, 0.3) is 21.3 Å². The van der Waals surface area contributed by atoms with E-state index in [9.17, 15) is 13.2 Å². The largest absolute Gasteiger partial charge is 0.490 e. The molecule has 2 fully saturated rings. The Morgan fingerprint density at radius 2 is 1.82 bits per heavy atom. The third-order valence-electron chi connectivity index (χ3n) is 6.21. The van der Waals surface area contributed by atoms with Gasteiger partial charge in [0.2, 0.25) is 5.88 Å². The van der Waals surface area contributed by atoms with E-state index < -0.39 is 12.1 Å². The van der Waals surface area contributed by atoms with E-state index in [2.05, 4.69) is 51.8 Å². The van der Waals surface area contributed by atoms with Gasteiger partial charge in [-0.2, -0.15) is 13.2 Å². The van der Waals surface area contributed by atoms with Gasteiger partial charge in [-0.25, -0.2) is 4.79 Å². The SMILES string of the molecule is CN1[C@@H]2CCC[C@H]1CC(Oc1ccc(-c3ccc4sccc4c3)nn1)C2.O=C(O)C(F)(F)F. The maximum atomic E-state index is 10.6. The van der Waals surface area contributed by atoms with E-state index >= 15 is 0 Å². The van der Waals surface area contributed by atoms with Crippen LogP contribution < -0.4 is 4.74 Å². The number of halogens is 3. The first-order valence-electron chi connectivity index (χ1n) is 10.7. The van der Waals surface area contributed by atoms with Crippen LogP contribution in [0.1, 0.15) is 32.1 Å². The Bertz CT molecular complexity index is 1090. The fourth-order valence-corrected chi connectivity index (χ4v) is 5.27. The molecule has 2 aliphatic heterocycles. The number of thiophene rings is 1. The van der Waals surface area contributed by atoms with Gasteiger partial charge in [-0.3, -0.25) is 0 Å². The molecule has 5 rings (SSSR count). The normalized spacial score (nSPS) is 23.0. The molecule has 2 aliphatic rings. The van der Waals surface area contributed by atoms with E-state index in [1.54, 1.807) is 11.3 Å². The van der Waals surface area contributed by atoms with Crippen LogP contribution in [0.5, 0.6) is 5.88 Å². The van der Waals surface area contributed by atoms with Gasteiger partial charge in [0.05, 0.1) is 5.69 Å². The Morgan fingerprint density at radius 3 is 2.42 bits per heavy atom. The number of aliphatic carboxylic acids is 1. The number of hydrogen-bond donors (Lipinski definition) is 1. The van der Waals surface area contributed by atoms with Crippen molar-refractivity contribution in [3.63, 3.8) is 0 Å². The van der Waals surface area contributed by atoms with Crippen LogP contribution in [0, 0.1) is 0 Å². The molecule has 2 bridgehead atoms. The lowest BCUT2D eigenvalue weighted by Crippen LogP contribution is -2.52. The molecule has 1 aromatic carbocycles. The first-order chi connectivity index (χ1) is 15.7. The van der Waals surface area contributed by atoms with Gasteiger partial charge in [0.15, 0.2) is 0 Å². The number of ether oxygens (including phenoxy) is 1. The van der Waals surface area contributed by atoms with Gasteiger partial charge >= 0.3 is 12.1 Å². The molecular weight excluding hydrogens is 455 g/mol. The van der Waals surface area contributed by atoms with Crippen molar-refractivity contribution in [2.24, 2.45) is 0 Å². The van der Waals surface area contributed by atoms with Crippen LogP contribution in [0.3, 0.4) is 0 Å². The van der Waals surface area contributed by atoms with E-state index in [4.69, 9.17) is 14.6 Å². The molecule has 3 aromatic rings. The summed E-state index contributed by atoms with van der Waals surface area (Å²) in [6.45, 7) is 0. The number of hydrogen-bond acceptors (Lipinski definition) is 6. The monoisotopic (exact) mass is 479 g/mol. The average Bonchev–Trinajstić information content (AvgIpc) is 3.23. The molecular formula is C23H24F3N3O3S. The highest BCUT2D eigenvalue weighted by molar-refractivity contribution is 7.17. The van der Waals surface area contributed by atoms with Gasteiger partial charge in [-0.15, -0.1) is 21.5 Å². The number of rotatable bonds is 3. The molecule has 33 heavy (non-hydrogen) atoms. The smallest absolute Gasteiger partial charge is 0.475 e. The molecule has 0 radical (unpaired) electrons. The van der Waals surface area contributed by atoms with Crippen LogP contribution in [-0.2, 0) is 4.79 Å². The second kappa shape index (κ2) is 9.64. The molecule has 176 valence electrons. The predicted molar refractivity (Wildman–Crippen MR) is 119 cm³/mol. The van der Waals surface area contributed by atoms with Gasteiger partial charge in [0.25, 0.3) is 0 Å². The lowest BCUT2D eigenvalue weighted by molar-refractivity contribution is -0.192. The maximum absolute atomic E-state index is 10.6. The third kappa shape index (κ3) is 5.62. The van der Waals surface area contributed by atoms with Gasteiger partial charge in [0.1, 0.15) is 6.10 Å². The number of alkyl halides is 3. The number of fused-ring (bicyclic) bond motifs is 3. The topological polar surface area (TPSA) is 75.5 Å². The van der Waals surface area contributed by atoms with Crippen molar-refractivity contribution in [2.75, 3.05) is 7.05 Å².